The number of piperidine rings is 1. The van der Waals surface area contributed by atoms with E-state index < -0.39 is 0 Å². The zero-order chi connectivity index (χ0) is 19.9. The van der Waals surface area contributed by atoms with Gasteiger partial charge in [-0.1, -0.05) is 49.1 Å². The lowest BCUT2D eigenvalue weighted by molar-refractivity contribution is -0.150. The van der Waals surface area contributed by atoms with Gasteiger partial charge in [0.25, 0.3) is 0 Å². The molecule has 5 nitrogen and oxygen atoms in total. The molecule has 1 saturated heterocycles. The molecule has 1 aromatic carbocycles. The fraction of sp³-hybridized carbons (Fsp3) is 0.652. The Hall–Kier alpha value is -1.88. The molecule has 1 amide bonds. The van der Waals surface area contributed by atoms with Crippen molar-refractivity contribution in [2.75, 3.05) is 19.7 Å². The minimum absolute atomic E-state index is 0.0451. The van der Waals surface area contributed by atoms with Gasteiger partial charge in [0, 0.05) is 19.1 Å². The average Bonchev–Trinajstić information content (AvgIpc) is 2.71. The van der Waals surface area contributed by atoms with E-state index in [9.17, 15) is 9.59 Å². The van der Waals surface area contributed by atoms with E-state index >= 15 is 0 Å². The minimum Gasteiger partial charge on any atom is -0.466 e. The van der Waals surface area contributed by atoms with Crippen LogP contribution in [0.1, 0.15) is 69.0 Å². The van der Waals surface area contributed by atoms with Crippen LogP contribution in [0, 0.1) is 12.8 Å². The number of esters is 1. The molecule has 1 aromatic rings. The topological polar surface area (TPSA) is 58.6 Å². The predicted molar refractivity (Wildman–Crippen MR) is 110 cm³/mol. The maximum Gasteiger partial charge on any atom is 0.309 e. The standard InChI is InChI=1S/C23H34N2O3/c1-3-28-23(27)19-13-15-25(16-14-19)21(18-11-9-17(2)10-12-18)22(26)24-20-7-5-4-6-8-20/h9-12,19-21H,3-8,13-16H2,1-2H3,(H,24,26)/t21-/m0/s1. The second-order valence-corrected chi connectivity index (χ2v) is 8.22. The Balaban J connectivity index is 1.70. The molecule has 1 aliphatic carbocycles. The fourth-order valence-electron chi connectivity index (χ4n) is 4.46. The van der Waals surface area contributed by atoms with E-state index in [1.807, 2.05) is 6.92 Å². The van der Waals surface area contributed by atoms with Gasteiger partial charge in [0.15, 0.2) is 0 Å². The number of hydrogen-bond donors (Lipinski definition) is 1. The molecule has 1 N–H and O–H groups in total. The van der Waals surface area contributed by atoms with Crippen LogP contribution >= 0.6 is 0 Å². The number of hydrogen-bond acceptors (Lipinski definition) is 4. The second-order valence-electron chi connectivity index (χ2n) is 8.22. The Bertz CT molecular complexity index is 644. The maximum absolute atomic E-state index is 13.3. The zero-order valence-corrected chi connectivity index (χ0v) is 17.3. The van der Waals surface area contributed by atoms with Crippen LogP contribution in [-0.4, -0.2) is 42.5 Å². The molecule has 5 heteroatoms. The summed E-state index contributed by atoms with van der Waals surface area (Å²) in [6.45, 7) is 5.80. The monoisotopic (exact) mass is 386 g/mol. The Kier molecular flexibility index (Phi) is 7.49. The van der Waals surface area contributed by atoms with Gasteiger partial charge in [0.05, 0.1) is 12.5 Å². The molecule has 0 aromatic heterocycles. The van der Waals surface area contributed by atoms with Gasteiger partial charge in [-0.25, -0.2) is 0 Å². The van der Waals surface area contributed by atoms with Gasteiger partial charge < -0.3 is 10.1 Å². The number of aryl methyl sites for hydroxylation is 1. The zero-order valence-electron chi connectivity index (χ0n) is 17.3. The van der Waals surface area contributed by atoms with Crippen molar-refractivity contribution in [3.63, 3.8) is 0 Å². The third kappa shape index (κ3) is 5.34. The maximum atomic E-state index is 13.3. The number of amides is 1. The molecule has 2 fully saturated rings. The van der Waals surface area contributed by atoms with Crippen molar-refractivity contribution in [2.45, 2.75) is 70.9 Å². The number of rotatable bonds is 6. The molecule has 0 unspecified atom stereocenters. The van der Waals surface area contributed by atoms with E-state index in [4.69, 9.17) is 4.74 Å². The number of carbonyl (C=O) groups is 2. The number of nitrogens with one attached hydrogen (secondary N) is 1. The van der Waals surface area contributed by atoms with Gasteiger partial charge in [-0.2, -0.15) is 0 Å². The van der Waals surface area contributed by atoms with Crippen LogP contribution in [-0.2, 0) is 14.3 Å². The third-order valence-electron chi connectivity index (χ3n) is 6.11. The summed E-state index contributed by atoms with van der Waals surface area (Å²) in [6.07, 6.45) is 7.33. The lowest BCUT2D eigenvalue weighted by Crippen LogP contribution is -2.48. The number of likely N-dealkylation sites (tertiary alicyclic amines) is 1. The predicted octanol–water partition coefficient (Wildman–Crippen LogP) is 3.76. The first-order valence-corrected chi connectivity index (χ1v) is 10.9. The van der Waals surface area contributed by atoms with E-state index in [0.29, 0.717) is 12.6 Å². The van der Waals surface area contributed by atoms with Gasteiger partial charge in [-0.15, -0.1) is 0 Å². The first-order valence-electron chi connectivity index (χ1n) is 10.9. The van der Waals surface area contributed by atoms with Gasteiger partial charge in [0.1, 0.15) is 6.04 Å². The lowest BCUT2D eigenvalue weighted by Gasteiger charge is -2.37. The summed E-state index contributed by atoms with van der Waals surface area (Å²) in [4.78, 5) is 27.6. The molecule has 28 heavy (non-hydrogen) atoms. The quantitative estimate of drug-likeness (QED) is 0.757. The van der Waals surface area contributed by atoms with Crippen molar-refractivity contribution in [2.24, 2.45) is 5.92 Å². The number of nitrogens with zero attached hydrogens (tertiary/aromatic N) is 1. The molecule has 2 aliphatic rings. The summed E-state index contributed by atoms with van der Waals surface area (Å²) in [5, 5.41) is 3.31. The van der Waals surface area contributed by atoms with E-state index in [-0.39, 0.29) is 23.8 Å². The van der Waals surface area contributed by atoms with Gasteiger partial charge >= 0.3 is 5.97 Å². The summed E-state index contributed by atoms with van der Waals surface area (Å²) < 4.78 is 5.19. The van der Waals surface area contributed by atoms with E-state index in [0.717, 1.165) is 44.3 Å². The third-order valence-corrected chi connectivity index (χ3v) is 6.11. The molecule has 1 aliphatic heterocycles. The first-order chi connectivity index (χ1) is 13.6. The van der Waals surface area contributed by atoms with Crippen LogP contribution in [0.25, 0.3) is 0 Å². The minimum atomic E-state index is -0.286. The number of benzene rings is 1. The highest BCUT2D eigenvalue weighted by atomic mass is 16.5. The summed E-state index contributed by atoms with van der Waals surface area (Å²) in [5.41, 5.74) is 2.23. The molecule has 1 saturated carbocycles. The van der Waals surface area contributed by atoms with Crippen LogP contribution in [0.3, 0.4) is 0 Å². The molecular weight excluding hydrogens is 352 g/mol. The summed E-state index contributed by atoms with van der Waals surface area (Å²) >= 11 is 0. The molecule has 1 atom stereocenters. The van der Waals surface area contributed by atoms with Crippen molar-refractivity contribution in [1.29, 1.82) is 0 Å². The van der Waals surface area contributed by atoms with Crippen LogP contribution in [0.2, 0.25) is 0 Å². The Morgan fingerprint density at radius 3 is 2.32 bits per heavy atom. The summed E-state index contributed by atoms with van der Waals surface area (Å²) in [5.74, 6) is -0.0395. The van der Waals surface area contributed by atoms with Crippen LogP contribution in [0.4, 0.5) is 0 Å². The smallest absolute Gasteiger partial charge is 0.309 e. The molecule has 3 rings (SSSR count). The van der Waals surface area contributed by atoms with Crippen LogP contribution in [0.5, 0.6) is 0 Å². The Morgan fingerprint density at radius 2 is 1.71 bits per heavy atom. The highest BCUT2D eigenvalue weighted by Gasteiger charge is 2.34. The van der Waals surface area contributed by atoms with E-state index in [1.165, 1.54) is 24.8 Å². The van der Waals surface area contributed by atoms with E-state index in [1.54, 1.807) is 0 Å². The normalized spacial score (nSPS) is 20.5. The molecule has 0 bridgehead atoms. The number of carbonyl (C=O) groups excluding carboxylic acids is 2. The van der Waals surface area contributed by atoms with Gasteiger partial charge in [0.2, 0.25) is 5.91 Å². The Labute approximate surface area is 168 Å². The largest absolute Gasteiger partial charge is 0.466 e. The number of ether oxygens (including phenoxy) is 1. The van der Waals surface area contributed by atoms with Crippen molar-refractivity contribution in [3.05, 3.63) is 35.4 Å². The van der Waals surface area contributed by atoms with Gasteiger partial charge in [-0.3, -0.25) is 14.5 Å². The molecular formula is C23H34N2O3. The van der Waals surface area contributed by atoms with Crippen molar-refractivity contribution >= 4 is 11.9 Å². The first kappa shape index (κ1) is 20.8. The highest BCUT2D eigenvalue weighted by molar-refractivity contribution is 5.83. The fourth-order valence-corrected chi connectivity index (χ4v) is 4.46. The van der Waals surface area contributed by atoms with Crippen molar-refractivity contribution in [1.82, 2.24) is 10.2 Å². The molecule has 1 heterocycles. The molecule has 154 valence electrons. The SMILES string of the molecule is CCOC(=O)C1CCN([C@H](C(=O)NC2CCCCC2)c2ccc(C)cc2)CC1. The molecule has 0 radical (unpaired) electrons. The molecule has 0 spiro atoms. The highest BCUT2D eigenvalue weighted by Crippen LogP contribution is 2.29. The van der Waals surface area contributed by atoms with E-state index in [2.05, 4.69) is 41.4 Å². The Morgan fingerprint density at radius 1 is 1.07 bits per heavy atom. The van der Waals surface area contributed by atoms with Crippen LogP contribution in [0.15, 0.2) is 24.3 Å². The van der Waals surface area contributed by atoms with Crippen molar-refractivity contribution in [3.8, 4) is 0 Å². The average molecular weight is 387 g/mol. The second kappa shape index (κ2) is 10.1. The van der Waals surface area contributed by atoms with Crippen LogP contribution < -0.4 is 5.32 Å². The van der Waals surface area contributed by atoms with Gasteiger partial charge in [-0.05, 0) is 45.1 Å². The van der Waals surface area contributed by atoms with Crippen molar-refractivity contribution < 1.29 is 14.3 Å². The summed E-state index contributed by atoms with van der Waals surface area (Å²) in [7, 11) is 0. The lowest BCUT2D eigenvalue weighted by atomic mass is 9.92. The summed E-state index contributed by atoms with van der Waals surface area (Å²) in [6, 6.07) is 8.29.